The van der Waals surface area contributed by atoms with Crippen molar-refractivity contribution < 1.29 is 9.53 Å². The van der Waals surface area contributed by atoms with Crippen LogP contribution in [0.5, 0.6) is 5.75 Å². The normalized spacial score (nSPS) is 15.7. The van der Waals surface area contributed by atoms with E-state index >= 15 is 0 Å². The van der Waals surface area contributed by atoms with Gasteiger partial charge in [-0.05, 0) is 37.3 Å². The van der Waals surface area contributed by atoms with Gasteiger partial charge in [0.2, 0.25) is 5.91 Å². The number of rotatable bonds is 8. The van der Waals surface area contributed by atoms with Crippen LogP contribution in [-0.2, 0) is 11.2 Å². The molecule has 1 aromatic carbocycles. The van der Waals surface area contributed by atoms with Crippen molar-refractivity contribution in [2.24, 2.45) is 5.73 Å². The zero-order valence-corrected chi connectivity index (χ0v) is 12.1. The van der Waals surface area contributed by atoms with Crippen molar-refractivity contribution in [2.75, 3.05) is 6.61 Å². The molecule has 0 saturated heterocycles. The van der Waals surface area contributed by atoms with Gasteiger partial charge in [-0.2, -0.15) is 0 Å². The first-order chi connectivity index (χ1) is 9.69. The largest absolute Gasteiger partial charge is 0.493 e. The maximum atomic E-state index is 11.6. The molecule has 0 heterocycles. The fourth-order valence-corrected chi connectivity index (χ4v) is 2.02. The number of carbonyl (C=O) groups excluding carboxylic acids is 1. The maximum absolute atomic E-state index is 11.6. The minimum absolute atomic E-state index is 0.0789. The molecule has 0 radical (unpaired) electrons. The zero-order valence-electron chi connectivity index (χ0n) is 12.1. The molecule has 1 fully saturated rings. The van der Waals surface area contributed by atoms with Crippen molar-refractivity contribution in [2.45, 2.75) is 51.1 Å². The molecule has 0 spiro atoms. The Kier molecular flexibility index (Phi) is 5.41. The van der Waals surface area contributed by atoms with Gasteiger partial charge < -0.3 is 15.8 Å². The van der Waals surface area contributed by atoms with Gasteiger partial charge >= 0.3 is 0 Å². The highest BCUT2D eigenvalue weighted by atomic mass is 16.5. The molecule has 1 aromatic rings. The van der Waals surface area contributed by atoms with E-state index in [1.807, 2.05) is 24.3 Å². The van der Waals surface area contributed by atoms with Gasteiger partial charge in [0.05, 0.1) is 13.0 Å². The number of ether oxygens (including phenoxy) is 1. The lowest BCUT2D eigenvalue weighted by Gasteiger charge is -2.14. The van der Waals surface area contributed by atoms with Gasteiger partial charge in [0.1, 0.15) is 5.75 Å². The SMILES string of the molecule is CCC(N)Cc1ccccc1OCCC(=O)NC1CC1. The summed E-state index contributed by atoms with van der Waals surface area (Å²) in [6, 6.07) is 8.48. The van der Waals surface area contributed by atoms with Crippen molar-refractivity contribution in [3.8, 4) is 5.75 Å². The van der Waals surface area contributed by atoms with E-state index in [1.54, 1.807) is 0 Å². The molecule has 3 N–H and O–H groups in total. The van der Waals surface area contributed by atoms with Crippen LogP contribution in [0.3, 0.4) is 0 Å². The summed E-state index contributed by atoms with van der Waals surface area (Å²) in [5.41, 5.74) is 7.11. The summed E-state index contributed by atoms with van der Waals surface area (Å²) in [5.74, 6) is 0.922. The average molecular weight is 276 g/mol. The van der Waals surface area contributed by atoms with E-state index in [9.17, 15) is 4.79 Å². The maximum Gasteiger partial charge on any atom is 0.223 e. The standard InChI is InChI=1S/C16H24N2O2/c1-2-13(17)11-12-5-3-4-6-15(12)20-10-9-16(19)18-14-7-8-14/h3-6,13-14H,2,7-11,17H2,1H3,(H,18,19). The fraction of sp³-hybridized carbons (Fsp3) is 0.562. The lowest BCUT2D eigenvalue weighted by molar-refractivity contribution is -0.121. The number of para-hydroxylation sites is 1. The Morgan fingerprint density at radius 2 is 2.20 bits per heavy atom. The molecular weight excluding hydrogens is 252 g/mol. The zero-order chi connectivity index (χ0) is 14.4. The Morgan fingerprint density at radius 3 is 2.90 bits per heavy atom. The van der Waals surface area contributed by atoms with Crippen molar-refractivity contribution in [3.05, 3.63) is 29.8 Å². The van der Waals surface area contributed by atoms with Crippen LogP contribution in [0.2, 0.25) is 0 Å². The molecule has 0 bridgehead atoms. The van der Waals surface area contributed by atoms with E-state index in [0.717, 1.165) is 37.0 Å². The molecule has 1 amide bonds. The summed E-state index contributed by atoms with van der Waals surface area (Å²) in [4.78, 5) is 11.6. The lowest BCUT2D eigenvalue weighted by Crippen LogP contribution is -2.27. The number of hydrogen-bond acceptors (Lipinski definition) is 3. The predicted molar refractivity (Wildman–Crippen MR) is 79.7 cm³/mol. The van der Waals surface area contributed by atoms with Gasteiger partial charge in [0.15, 0.2) is 0 Å². The number of hydrogen-bond donors (Lipinski definition) is 2. The van der Waals surface area contributed by atoms with Crippen LogP contribution in [0, 0.1) is 0 Å². The molecule has 2 rings (SSSR count). The van der Waals surface area contributed by atoms with Crippen LogP contribution in [0.4, 0.5) is 0 Å². The van der Waals surface area contributed by atoms with Crippen LogP contribution in [0.15, 0.2) is 24.3 Å². The van der Waals surface area contributed by atoms with Gasteiger partial charge in [0.25, 0.3) is 0 Å². The monoisotopic (exact) mass is 276 g/mol. The number of amides is 1. The summed E-state index contributed by atoms with van der Waals surface area (Å²) in [6.45, 7) is 2.49. The fourth-order valence-electron chi connectivity index (χ4n) is 2.02. The molecule has 1 aliphatic rings. The highest BCUT2D eigenvalue weighted by Gasteiger charge is 2.22. The van der Waals surface area contributed by atoms with E-state index in [-0.39, 0.29) is 11.9 Å². The second-order valence-electron chi connectivity index (χ2n) is 5.42. The first-order valence-electron chi connectivity index (χ1n) is 7.44. The van der Waals surface area contributed by atoms with Crippen molar-refractivity contribution in [3.63, 3.8) is 0 Å². The highest BCUT2D eigenvalue weighted by Crippen LogP contribution is 2.21. The molecule has 110 valence electrons. The van der Waals surface area contributed by atoms with Crippen LogP contribution in [-0.4, -0.2) is 24.6 Å². The minimum Gasteiger partial charge on any atom is -0.493 e. The molecule has 4 nitrogen and oxygen atoms in total. The Morgan fingerprint density at radius 1 is 1.45 bits per heavy atom. The topological polar surface area (TPSA) is 64.3 Å². The molecule has 4 heteroatoms. The Hall–Kier alpha value is -1.55. The van der Waals surface area contributed by atoms with Gasteiger partial charge in [-0.15, -0.1) is 0 Å². The number of nitrogens with two attached hydrogens (primary N) is 1. The van der Waals surface area contributed by atoms with Crippen LogP contribution in [0.25, 0.3) is 0 Å². The molecule has 1 saturated carbocycles. The molecule has 1 aliphatic carbocycles. The Balaban J connectivity index is 1.80. The van der Waals surface area contributed by atoms with Crippen molar-refractivity contribution in [1.29, 1.82) is 0 Å². The van der Waals surface area contributed by atoms with Gasteiger partial charge in [-0.1, -0.05) is 25.1 Å². The number of carbonyl (C=O) groups is 1. The summed E-state index contributed by atoms with van der Waals surface area (Å²) < 4.78 is 5.74. The summed E-state index contributed by atoms with van der Waals surface area (Å²) in [7, 11) is 0. The first-order valence-corrected chi connectivity index (χ1v) is 7.44. The average Bonchev–Trinajstić information content (AvgIpc) is 3.24. The quantitative estimate of drug-likeness (QED) is 0.763. The van der Waals surface area contributed by atoms with Gasteiger partial charge in [-0.3, -0.25) is 4.79 Å². The van der Waals surface area contributed by atoms with E-state index in [1.165, 1.54) is 0 Å². The molecule has 1 atom stereocenters. The summed E-state index contributed by atoms with van der Waals surface area (Å²) >= 11 is 0. The summed E-state index contributed by atoms with van der Waals surface area (Å²) in [6.07, 6.45) is 4.39. The van der Waals surface area contributed by atoms with E-state index in [4.69, 9.17) is 10.5 Å². The first kappa shape index (κ1) is 14.9. The van der Waals surface area contributed by atoms with E-state index in [2.05, 4.69) is 12.2 Å². The van der Waals surface area contributed by atoms with E-state index in [0.29, 0.717) is 19.1 Å². The molecule has 1 unspecified atom stereocenters. The second-order valence-corrected chi connectivity index (χ2v) is 5.42. The van der Waals surface area contributed by atoms with E-state index < -0.39 is 0 Å². The summed E-state index contributed by atoms with van der Waals surface area (Å²) in [5, 5.41) is 2.96. The third-order valence-corrected chi connectivity index (χ3v) is 3.51. The number of benzene rings is 1. The van der Waals surface area contributed by atoms with Gasteiger partial charge in [-0.25, -0.2) is 0 Å². The van der Waals surface area contributed by atoms with Crippen LogP contribution in [0.1, 0.15) is 38.2 Å². The number of nitrogens with one attached hydrogen (secondary N) is 1. The molecular formula is C16H24N2O2. The molecule has 0 aromatic heterocycles. The highest BCUT2D eigenvalue weighted by molar-refractivity contribution is 5.76. The lowest BCUT2D eigenvalue weighted by atomic mass is 10.0. The van der Waals surface area contributed by atoms with Gasteiger partial charge in [0, 0.05) is 12.1 Å². The van der Waals surface area contributed by atoms with Crippen LogP contribution < -0.4 is 15.8 Å². The Bertz CT molecular complexity index is 444. The Labute approximate surface area is 120 Å². The van der Waals surface area contributed by atoms with Crippen molar-refractivity contribution in [1.82, 2.24) is 5.32 Å². The second kappa shape index (κ2) is 7.29. The third-order valence-electron chi connectivity index (χ3n) is 3.51. The van der Waals surface area contributed by atoms with Crippen LogP contribution >= 0.6 is 0 Å². The van der Waals surface area contributed by atoms with Crippen molar-refractivity contribution >= 4 is 5.91 Å². The predicted octanol–water partition coefficient (Wildman–Crippen LogP) is 2.01. The third kappa shape index (κ3) is 4.85. The minimum atomic E-state index is 0.0789. The molecule has 0 aliphatic heterocycles. The molecule has 20 heavy (non-hydrogen) atoms. The smallest absolute Gasteiger partial charge is 0.223 e.